The molecule has 1 aliphatic heterocycles. The van der Waals surface area contributed by atoms with Crippen LogP contribution in [0.4, 0.5) is 11.6 Å². The van der Waals surface area contributed by atoms with Crippen molar-refractivity contribution in [3.63, 3.8) is 0 Å². The third-order valence-corrected chi connectivity index (χ3v) is 4.54. The number of hydrogen-bond acceptors (Lipinski definition) is 5. The van der Waals surface area contributed by atoms with Gasteiger partial charge in [-0.1, -0.05) is 6.92 Å². The molecule has 2 heterocycles. The summed E-state index contributed by atoms with van der Waals surface area (Å²) in [6.07, 6.45) is 4.73. The summed E-state index contributed by atoms with van der Waals surface area (Å²) in [7, 11) is 0. The van der Waals surface area contributed by atoms with E-state index in [1.807, 2.05) is 6.07 Å². The first-order valence-corrected chi connectivity index (χ1v) is 8.13. The average molecular weight is 290 g/mol. The van der Waals surface area contributed by atoms with Crippen LogP contribution < -0.4 is 10.6 Å². The lowest BCUT2D eigenvalue weighted by atomic mass is 9.95. The molecule has 0 spiro atoms. The van der Waals surface area contributed by atoms with E-state index in [4.69, 9.17) is 9.72 Å². The smallest absolute Gasteiger partial charge is 0.136 e. The van der Waals surface area contributed by atoms with E-state index < -0.39 is 0 Å². The lowest BCUT2D eigenvalue weighted by molar-refractivity contribution is 0.105. The summed E-state index contributed by atoms with van der Waals surface area (Å²) in [5, 5.41) is 6.97. The molecule has 1 aromatic heterocycles. The molecule has 21 heavy (non-hydrogen) atoms. The van der Waals surface area contributed by atoms with Crippen molar-refractivity contribution in [2.75, 3.05) is 23.8 Å². The fraction of sp³-hybridized carbons (Fsp3) is 0.750. The van der Waals surface area contributed by atoms with Gasteiger partial charge < -0.3 is 15.4 Å². The van der Waals surface area contributed by atoms with Gasteiger partial charge in [-0.3, -0.25) is 0 Å². The van der Waals surface area contributed by atoms with Crippen molar-refractivity contribution in [2.45, 2.75) is 64.0 Å². The molecule has 0 bridgehead atoms. The first kappa shape index (κ1) is 14.6. The van der Waals surface area contributed by atoms with E-state index in [-0.39, 0.29) is 11.6 Å². The van der Waals surface area contributed by atoms with Gasteiger partial charge in [0.2, 0.25) is 0 Å². The number of hydrogen-bond donors (Lipinski definition) is 2. The monoisotopic (exact) mass is 290 g/mol. The van der Waals surface area contributed by atoms with Crippen molar-refractivity contribution >= 4 is 11.6 Å². The molecule has 1 saturated heterocycles. The second-order valence-corrected chi connectivity index (χ2v) is 6.50. The molecule has 2 N–H and O–H groups in total. The van der Waals surface area contributed by atoms with Crippen LogP contribution in [0.3, 0.4) is 0 Å². The van der Waals surface area contributed by atoms with Crippen LogP contribution in [-0.2, 0) is 4.74 Å². The number of anilines is 2. The number of ether oxygens (including phenoxy) is 1. The minimum Gasteiger partial charge on any atom is -0.376 e. The zero-order valence-corrected chi connectivity index (χ0v) is 13.3. The molecule has 1 aliphatic carbocycles. The van der Waals surface area contributed by atoms with E-state index >= 15 is 0 Å². The summed E-state index contributed by atoms with van der Waals surface area (Å²) < 4.78 is 5.70. The standard InChI is InChI=1S/C16H26N4O/c1-4-8-17-13-10-14(19-15(18-13)12-5-6-12)20-16(3)7-9-21-11(16)2/h10-12H,4-9H2,1-3H3,(H2,17,18,19,20). The minimum atomic E-state index is -0.0444. The molecule has 2 aliphatic rings. The zero-order chi connectivity index (χ0) is 14.9. The van der Waals surface area contributed by atoms with Crippen LogP contribution in [0.5, 0.6) is 0 Å². The van der Waals surface area contributed by atoms with E-state index in [2.05, 4.69) is 36.4 Å². The Balaban J connectivity index is 1.81. The Morgan fingerprint density at radius 1 is 1.33 bits per heavy atom. The Hall–Kier alpha value is -1.36. The highest BCUT2D eigenvalue weighted by atomic mass is 16.5. The molecule has 1 saturated carbocycles. The van der Waals surface area contributed by atoms with Crippen molar-refractivity contribution in [3.8, 4) is 0 Å². The maximum Gasteiger partial charge on any atom is 0.136 e. The van der Waals surface area contributed by atoms with Gasteiger partial charge in [-0.05, 0) is 39.5 Å². The Kier molecular flexibility index (Phi) is 4.02. The van der Waals surface area contributed by atoms with E-state index in [1.165, 1.54) is 12.8 Å². The Bertz CT molecular complexity index is 503. The van der Waals surface area contributed by atoms with Crippen molar-refractivity contribution < 1.29 is 4.74 Å². The van der Waals surface area contributed by atoms with E-state index in [9.17, 15) is 0 Å². The first-order chi connectivity index (χ1) is 10.1. The molecule has 0 aromatic carbocycles. The molecule has 2 unspecified atom stereocenters. The molecule has 0 amide bonds. The maximum atomic E-state index is 5.70. The highest BCUT2D eigenvalue weighted by molar-refractivity contribution is 5.50. The number of aromatic nitrogens is 2. The molecule has 0 radical (unpaired) electrons. The van der Waals surface area contributed by atoms with Crippen molar-refractivity contribution in [1.82, 2.24) is 9.97 Å². The van der Waals surface area contributed by atoms with Crippen LogP contribution in [0.1, 0.15) is 58.2 Å². The van der Waals surface area contributed by atoms with Crippen LogP contribution in [0.15, 0.2) is 6.07 Å². The van der Waals surface area contributed by atoms with Crippen molar-refractivity contribution in [3.05, 3.63) is 11.9 Å². The molecule has 2 fully saturated rings. The molecular formula is C16H26N4O. The second-order valence-electron chi connectivity index (χ2n) is 6.50. The predicted octanol–water partition coefficient (Wildman–Crippen LogP) is 3.16. The van der Waals surface area contributed by atoms with E-state index in [0.717, 1.165) is 43.5 Å². The number of rotatable bonds is 6. The van der Waals surface area contributed by atoms with E-state index in [1.54, 1.807) is 0 Å². The molecule has 3 rings (SSSR count). The van der Waals surface area contributed by atoms with Gasteiger partial charge in [-0.25, -0.2) is 9.97 Å². The number of nitrogens with one attached hydrogen (secondary N) is 2. The third-order valence-electron chi connectivity index (χ3n) is 4.54. The third kappa shape index (κ3) is 3.28. The minimum absolute atomic E-state index is 0.0444. The maximum absolute atomic E-state index is 5.70. The van der Waals surface area contributed by atoms with Crippen LogP contribution in [-0.4, -0.2) is 34.8 Å². The van der Waals surface area contributed by atoms with Gasteiger partial charge in [0.15, 0.2) is 0 Å². The average Bonchev–Trinajstić information content (AvgIpc) is 3.24. The summed E-state index contributed by atoms with van der Waals surface area (Å²) >= 11 is 0. The SMILES string of the molecule is CCCNc1cc(NC2(C)CCOC2C)nc(C2CC2)n1. The molecule has 5 nitrogen and oxygen atoms in total. The molecule has 5 heteroatoms. The summed E-state index contributed by atoms with van der Waals surface area (Å²) in [6.45, 7) is 8.25. The van der Waals surface area contributed by atoms with Gasteiger partial charge >= 0.3 is 0 Å². The van der Waals surface area contributed by atoms with Crippen LogP contribution in [0.25, 0.3) is 0 Å². The van der Waals surface area contributed by atoms with Gasteiger partial charge in [-0.2, -0.15) is 0 Å². The molecule has 116 valence electrons. The van der Waals surface area contributed by atoms with Gasteiger partial charge in [0.05, 0.1) is 11.6 Å². The topological polar surface area (TPSA) is 59.1 Å². The highest BCUT2D eigenvalue weighted by Gasteiger charge is 2.37. The van der Waals surface area contributed by atoms with Crippen molar-refractivity contribution in [2.24, 2.45) is 0 Å². The lowest BCUT2D eigenvalue weighted by Gasteiger charge is -2.29. The van der Waals surface area contributed by atoms with Gasteiger partial charge in [0.25, 0.3) is 0 Å². The fourth-order valence-corrected chi connectivity index (χ4v) is 2.69. The number of nitrogens with zero attached hydrogens (tertiary/aromatic N) is 2. The van der Waals surface area contributed by atoms with Crippen LogP contribution >= 0.6 is 0 Å². The lowest BCUT2D eigenvalue weighted by Crippen LogP contribution is -2.41. The second kappa shape index (κ2) is 5.79. The summed E-state index contributed by atoms with van der Waals surface area (Å²) in [6, 6.07) is 2.03. The quantitative estimate of drug-likeness (QED) is 0.843. The summed E-state index contributed by atoms with van der Waals surface area (Å²) in [4.78, 5) is 9.38. The van der Waals surface area contributed by atoms with Gasteiger partial charge in [0.1, 0.15) is 17.5 Å². The Labute approximate surface area is 126 Å². The van der Waals surface area contributed by atoms with E-state index in [0.29, 0.717) is 5.92 Å². The summed E-state index contributed by atoms with van der Waals surface area (Å²) in [5.74, 6) is 3.39. The first-order valence-electron chi connectivity index (χ1n) is 8.13. The van der Waals surface area contributed by atoms with Gasteiger partial charge in [-0.15, -0.1) is 0 Å². The Morgan fingerprint density at radius 3 is 2.71 bits per heavy atom. The summed E-state index contributed by atoms with van der Waals surface area (Å²) in [5.41, 5.74) is -0.0444. The Morgan fingerprint density at radius 2 is 2.10 bits per heavy atom. The largest absolute Gasteiger partial charge is 0.376 e. The molecule has 2 atom stereocenters. The molecular weight excluding hydrogens is 264 g/mol. The predicted molar refractivity (Wildman–Crippen MR) is 84.8 cm³/mol. The highest BCUT2D eigenvalue weighted by Crippen LogP contribution is 2.39. The van der Waals surface area contributed by atoms with Crippen LogP contribution in [0, 0.1) is 0 Å². The van der Waals surface area contributed by atoms with Crippen LogP contribution in [0.2, 0.25) is 0 Å². The fourth-order valence-electron chi connectivity index (χ4n) is 2.69. The normalized spacial score (nSPS) is 28.6. The zero-order valence-electron chi connectivity index (χ0n) is 13.3. The molecule has 1 aromatic rings. The van der Waals surface area contributed by atoms with Crippen molar-refractivity contribution in [1.29, 1.82) is 0 Å². The van der Waals surface area contributed by atoms with Gasteiger partial charge in [0, 0.05) is 25.1 Å².